The molecule has 4 heteroatoms. The first-order valence-corrected chi connectivity index (χ1v) is 3.96. The number of anilines is 1. The van der Waals surface area contributed by atoms with Crippen LogP contribution in [-0.2, 0) is 4.79 Å². The van der Waals surface area contributed by atoms with E-state index in [0.717, 1.165) is 0 Å². The molecule has 1 N–H and O–H groups in total. The first-order valence-electron chi connectivity index (χ1n) is 3.96. The number of amides is 1. The second kappa shape index (κ2) is 3.06. The van der Waals surface area contributed by atoms with Gasteiger partial charge in [-0.15, -0.1) is 0 Å². The predicted octanol–water partition coefficient (Wildman–Crippen LogP) is 0.362. The van der Waals surface area contributed by atoms with Gasteiger partial charge in [-0.3, -0.25) is 9.69 Å². The van der Waals surface area contributed by atoms with E-state index in [1.165, 1.54) is 4.90 Å². The van der Waals surface area contributed by atoms with Crippen molar-refractivity contribution in [2.45, 2.75) is 0 Å². The predicted molar refractivity (Wildman–Crippen MR) is 46.5 cm³/mol. The van der Waals surface area contributed by atoms with E-state index < -0.39 is 0 Å². The molecule has 0 atom stereocenters. The lowest BCUT2D eigenvalue weighted by molar-refractivity contribution is -0.122. The molecule has 0 aliphatic carbocycles. The van der Waals surface area contributed by atoms with Gasteiger partial charge >= 0.3 is 0 Å². The average molecular weight is 179 g/mol. The number of carbonyl (C=O) groups is 1. The van der Waals surface area contributed by atoms with Crippen LogP contribution >= 0.6 is 0 Å². The maximum Gasteiger partial charge on any atom is 0.266 e. The number of fused-ring (bicyclic) bond motifs is 1. The fraction of sp³-hybridized carbons (Fsp3) is 0.222. The summed E-state index contributed by atoms with van der Waals surface area (Å²) < 4.78 is 5.17. The van der Waals surface area contributed by atoms with Crippen molar-refractivity contribution in [3.63, 3.8) is 0 Å². The van der Waals surface area contributed by atoms with Gasteiger partial charge in [-0.25, -0.2) is 0 Å². The van der Waals surface area contributed by atoms with E-state index in [1.54, 1.807) is 18.2 Å². The van der Waals surface area contributed by atoms with Gasteiger partial charge in [0.1, 0.15) is 12.5 Å². The Morgan fingerprint density at radius 2 is 2.23 bits per heavy atom. The summed E-state index contributed by atoms with van der Waals surface area (Å²) in [5, 5.41) is 8.96. The van der Waals surface area contributed by atoms with Crippen molar-refractivity contribution in [1.82, 2.24) is 0 Å². The third-order valence-corrected chi connectivity index (χ3v) is 1.95. The lowest BCUT2D eigenvalue weighted by Crippen LogP contribution is -2.39. The Morgan fingerprint density at radius 1 is 1.46 bits per heavy atom. The third-order valence-electron chi connectivity index (χ3n) is 1.95. The zero-order valence-electron chi connectivity index (χ0n) is 6.93. The molecule has 68 valence electrons. The summed E-state index contributed by atoms with van der Waals surface area (Å²) in [5.74, 6) is 0.414. The number of carbonyl (C=O) groups excluding carboxylic acids is 1. The molecule has 0 unspecified atom stereocenters. The van der Waals surface area contributed by atoms with Gasteiger partial charge in [-0.05, 0) is 12.1 Å². The van der Waals surface area contributed by atoms with Crippen LogP contribution in [0.25, 0.3) is 0 Å². The Labute approximate surface area is 75.3 Å². The smallest absolute Gasteiger partial charge is 0.266 e. The minimum absolute atomic E-state index is 0.00241. The highest BCUT2D eigenvalue weighted by molar-refractivity contribution is 5.97. The molecule has 1 heterocycles. The van der Waals surface area contributed by atoms with E-state index in [0.29, 0.717) is 11.4 Å². The second-order valence-corrected chi connectivity index (χ2v) is 2.72. The summed E-state index contributed by atoms with van der Waals surface area (Å²) in [4.78, 5) is 12.5. The van der Waals surface area contributed by atoms with Gasteiger partial charge in [-0.2, -0.15) is 0 Å². The van der Waals surface area contributed by atoms with Crippen LogP contribution in [0.2, 0.25) is 0 Å². The normalized spacial score (nSPS) is 15.2. The van der Waals surface area contributed by atoms with Gasteiger partial charge in [0.15, 0.2) is 6.61 Å². The number of nitrogens with zero attached hydrogens (tertiary/aromatic N) is 1. The summed E-state index contributed by atoms with van der Waals surface area (Å²) in [7, 11) is 0. The number of rotatable bonds is 1. The zero-order chi connectivity index (χ0) is 9.26. The van der Waals surface area contributed by atoms with Crippen molar-refractivity contribution in [2.75, 3.05) is 18.2 Å². The molecule has 1 aliphatic heterocycles. The average Bonchev–Trinajstić information content (AvgIpc) is 2.18. The maximum atomic E-state index is 11.2. The van der Waals surface area contributed by atoms with E-state index in [2.05, 4.69) is 0 Å². The first kappa shape index (κ1) is 8.07. The minimum atomic E-state index is -0.306. The minimum Gasteiger partial charge on any atom is -0.482 e. The highest BCUT2D eigenvalue weighted by atomic mass is 16.5. The van der Waals surface area contributed by atoms with Crippen molar-refractivity contribution < 1.29 is 14.6 Å². The summed E-state index contributed by atoms with van der Waals surface area (Å²) in [6.07, 6.45) is 0. The summed E-state index contributed by atoms with van der Waals surface area (Å²) in [5.41, 5.74) is 0.626. The fourth-order valence-electron chi connectivity index (χ4n) is 1.31. The molecule has 2 rings (SSSR count). The van der Waals surface area contributed by atoms with E-state index in [1.807, 2.05) is 6.07 Å². The molecule has 0 bridgehead atoms. The van der Waals surface area contributed by atoms with E-state index in [4.69, 9.17) is 9.84 Å². The fourth-order valence-corrected chi connectivity index (χ4v) is 1.31. The molecule has 1 aliphatic rings. The van der Waals surface area contributed by atoms with Crippen LogP contribution in [0.3, 0.4) is 0 Å². The van der Waals surface area contributed by atoms with Crippen LogP contribution in [0.4, 0.5) is 5.69 Å². The van der Waals surface area contributed by atoms with Crippen molar-refractivity contribution in [3.05, 3.63) is 24.3 Å². The van der Waals surface area contributed by atoms with Gasteiger partial charge in [0.25, 0.3) is 5.91 Å². The molecule has 4 nitrogen and oxygen atoms in total. The molecule has 1 aromatic carbocycles. The standard InChI is InChI=1S/C9H9NO3/c11-6-10-7-3-1-2-4-8(7)13-5-9(10)12/h1-4,11H,5-6H2. The van der Waals surface area contributed by atoms with Gasteiger partial charge < -0.3 is 9.84 Å². The molecule has 0 spiro atoms. The number of hydrogen-bond acceptors (Lipinski definition) is 3. The molecule has 0 radical (unpaired) electrons. The monoisotopic (exact) mass is 179 g/mol. The lowest BCUT2D eigenvalue weighted by Gasteiger charge is -2.27. The van der Waals surface area contributed by atoms with Crippen molar-refractivity contribution in [1.29, 1.82) is 0 Å². The van der Waals surface area contributed by atoms with E-state index >= 15 is 0 Å². The Hall–Kier alpha value is -1.55. The lowest BCUT2D eigenvalue weighted by atomic mass is 10.2. The molecule has 1 amide bonds. The van der Waals surface area contributed by atoms with Crippen molar-refractivity contribution in [2.24, 2.45) is 0 Å². The Morgan fingerprint density at radius 3 is 3.00 bits per heavy atom. The molecule has 0 saturated heterocycles. The van der Waals surface area contributed by atoms with Crippen LogP contribution < -0.4 is 9.64 Å². The van der Waals surface area contributed by atoms with Gasteiger partial charge in [0.05, 0.1) is 5.69 Å². The van der Waals surface area contributed by atoms with Gasteiger partial charge in [0.2, 0.25) is 0 Å². The number of ether oxygens (including phenoxy) is 1. The van der Waals surface area contributed by atoms with E-state index in [9.17, 15) is 4.79 Å². The van der Waals surface area contributed by atoms with Gasteiger partial charge in [0, 0.05) is 0 Å². The SMILES string of the molecule is O=C1COc2ccccc2N1CO. The topological polar surface area (TPSA) is 49.8 Å². The van der Waals surface area contributed by atoms with Crippen LogP contribution in [0.15, 0.2) is 24.3 Å². The molecule has 13 heavy (non-hydrogen) atoms. The second-order valence-electron chi connectivity index (χ2n) is 2.72. The van der Waals surface area contributed by atoms with Gasteiger partial charge in [-0.1, -0.05) is 12.1 Å². The van der Waals surface area contributed by atoms with Crippen LogP contribution in [0.5, 0.6) is 5.75 Å². The third kappa shape index (κ3) is 1.25. The molecular formula is C9H9NO3. The molecule has 0 aromatic heterocycles. The van der Waals surface area contributed by atoms with Crippen LogP contribution in [0, 0.1) is 0 Å². The summed E-state index contributed by atoms with van der Waals surface area (Å²) in [6.45, 7) is -0.309. The maximum absolute atomic E-state index is 11.2. The summed E-state index contributed by atoms with van der Waals surface area (Å²) in [6, 6.07) is 7.13. The highest BCUT2D eigenvalue weighted by Crippen LogP contribution is 2.30. The van der Waals surface area contributed by atoms with Crippen molar-refractivity contribution in [3.8, 4) is 5.75 Å². The number of hydrogen-bond donors (Lipinski definition) is 1. The Kier molecular flexibility index (Phi) is 1.90. The number of para-hydroxylation sites is 2. The molecule has 0 saturated carbocycles. The largest absolute Gasteiger partial charge is 0.482 e. The first-order chi connectivity index (χ1) is 6.33. The molecule has 0 fully saturated rings. The number of aliphatic hydroxyl groups excluding tert-OH is 1. The number of benzene rings is 1. The molecular weight excluding hydrogens is 170 g/mol. The van der Waals surface area contributed by atoms with E-state index in [-0.39, 0.29) is 19.2 Å². The Balaban J connectivity index is 2.45. The van der Waals surface area contributed by atoms with Crippen LogP contribution in [0.1, 0.15) is 0 Å². The molecule has 1 aromatic rings. The Bertz CT molecular complexity index is 337. The quantitative estimate of drug-likeness (QED) is 0.677. The zero-order valence-corrected chi connectivity index (χ0v) is 6.93. The summed E-state index contributed by atoms with van der Waals surface area (Å²) >= 11 is 0. The van der Waals surface area contributed by atoms with Crippen molar-refractivity contribution >= 4 is 11.6 Å². The highest BCUT2D eigenvalue weighted by Gasteiger charge is 2.23. The van der Waals surface area contributed by atoms with Crippen LogP contribution in [-0.4, -0.2) is 24.4 Å². The number of aliphatic hydroxyl groups is 1.